The zero-order chi connectivity index (χ0) is 29.6. The van der Waals surface area contributed by atoms with Crippen molar-refractivity contribution in [3.8, 4) is 0 Å². The SMILES string of the molecule is CCc1ccc2ccc(/C=C/C3(C(=O)OCC(=O)NC(C)C(=O)N4CCCC(C(N)=O)N4)CCC(O)CC3)cc2n1. The lowest BCUT2D eigenvalue weighted by Gasteiger charge is -2.34. The average Bonchev–Trinajstić information content (AvgIpc) is 2.98. The second-order valence-corrected chi connectivity index (χ2v) is 10.9. The number of hydrogen-bond donors (Lipinski definition) is 4. The largest absolute Gasteiger partial charge is 0.455 e. The molecule has 0 bridgehead atoms. The van der Waals surface area contributed by atoms with E-state index in [1.165, 1.54) is 11.9 Å². The van der Waals surface area contributed by atoms with Crippen LogP contribution in [0.15, 0.2) is 36.4 Å². The number of aromatic nitrogens is 1. The number of esters is 1. The molecule has 11 nitrogen and oxygen atoms in total. The van der Waals surface area contributed by atoms with Crippen LogP contribution in [-0.4, -0.2) is 70.1 Å². The molecule has 1 saturated carbocycles. The van der Waals surface area contributed by atoms with Gasteiger partial charge in [-0.2, -0.15) is 0 Å². The maximum atomic E-state index is 13.3. The molecular formula is C30H39N5O6. The van der Waals surface area contributed by atoms with E-state index in [9.17, 15) is 24.3 Å². The van der Waals surface area contributed by atoms with E-state index in [2.05, 4.69) is 22.7 Å². The van der Waals surface area contributed by atoms with Crippen LogP contribution in [-0.2, 0) is 30.3 Å². The number of pyridine rings is 1. The Morgan fingerprint density at radius 2 is 1.95 bits per heavy atom. The summed E-state index contributed by atoms with van der Waals surface area (Å²) in [7, 11) is 0. The Kier molecular flexibility index (Phi) is 9.72. The normalized spacial score (nSPS) is 23.7. The molecule has 2 atom stereocenters. The lowest BCUT2D eigenvalue weighted by atomic mass is 9.72. The van der Waals surface area contributed by atoms with Crippen molar-refractivity contribution in [1.29, 1.82) is 0 Å². The van der Waals surface area contributed by atoms with E-state index in [0.717, 1.165) is 28.6 Å². The van der Waals surface area contributed by atoms with Gasteiger partial charge in [0.2, 0.25) is 5.91 Å². The van der Waals surface area contributed by atoms with Crippen molar-refractivity contribution in [1.82, 2.24) is 20.7 Å². The van der Waals surface area contributed by atoms with Crippen LogP contribution < -0.4 is 16.5 Å². The van der Waals surface area contributed by atoms with Gasteiger partial charge in [0, 0.05) is 17.6 Å². The molecule has 1 aliphatic carbocycles. The summed E-state index contributed by atoms with van der Waals surface area (Å²) in [5.41, 5.74) is 9.89. The van der Waals surface area contributed by atoms with Crippen molar-refractivity contribution < 1.29 is 29.0 Å². The lowest BCUT2D eigenvalue weighted by molar-refractivity contribution is -0.159. The molecule has 2 unspecified atom stereocenters. The van der Waals surface area contributed by atoms with Crippen LogP contribution in [0.25, 0.3) is 17.0 Å². The van der Waals surface area contributed by atoms with Gasteiger partial charge in [-0.15, -0.1) is 0 Å². The van der Waals surface area contributed by atoms with E-state index in [0.29, 0.717) is 45.1 Å². The lowest BCUT2D eigenvalue weighted by Crippen LogP contribution is -2.60. The molecule has 2 fully saturated rings. The Morgan fingerprint density at radius 3 is 2.66 bits per heavy atom. The van der Waals surface area contributed by atoms with Crippen molar-refractivity contribution in [3.63, 3.8) is 0 Å². The van der Waals surface area contributed by atoms with E-state index in [4.69, 9.17) is 10.5 Å². The number of aryl methyl sites for hydroxylation is 1. The third-order valence-electron chi connectivity index (χ3n) is 7.86. The molecule has 2 heterocycles. The third kappa shape index (κ3) is 7.47. The summed E-state index contributed by atoms with van der Waals surface area (Å²) in [6.45, 7) is 3.40. The Hall–Kier alpha value is -3.83. The second-order valence-electron chi connectivity index (χ2n) is 10.9. The number of aliphatic hydroxyl groups excluding tert-OH is 1. The van der Waals surface area contributed by atoms with Crippen LogP contribution >= 0.6 is 0 Å². The number of primary amides is 1. The predicted octanol–water partition coefficient (Wildman–Crippen LogP) is 1.76. The van der Waals surface area contributed by atoms with Gasteiger partial charge in [-0.05, 0) is 69.6 Å². The van der Waals surface area contributed by atoms with Gasteiger partial charge in [0.1, 0.15) is 12.1 Å². The molecule has 0 radical (unpaired) electrons. The number of nitrogens with one attached hydrogen (secondary N) is 2. The summed E-state index contributed by atoms with van der Waals surface area (Å²) in [5.74, 6) is -2.15. The van der Waals surface area contributed by atoms with Gasteiger partial charge in [0.15, 0.2) is 6.61 Å². The van der Waals surface area contributed by atoms with E-state index < -0.39 is 53.9 Å². The number of carbonyl (C=O) groups is 4. The number of hydrazine groups is 1. The van der Waals surface area contributed by atoms with Crippen molar-refractivity contribution in [2.75, 3.05) is 13.2 Å². The Morgan fingerprint density at radius 1 is 1.22 bits per heavy atom. The molecule has 11 heteroatoms. The minimum Gasteiger partial charge on any atom is -0.455 e. The van der Waals surface area contributed by atoms with Gasteiger partial charge < -0.3 is 20.9 Å². The smallest absolute Gasteiger partial charge is 0.316 e. The highest BCUT2D eigenvalue weighted by atomic mass is 16.5. The summed E-state index contributed by atoms with van der Waals surface area (Å²) in [5, 5.41) is 14.9. The number of fused-ring (bicyclic) bond motifs is 1. The van der Waals surface area contributed by atoms with Crippen LogP contribution in [0.5, 0.6) is 0 Å². The fourth-order valence-corrected chi connectivity index (χ4v) is 5.29. The standard InChI is InChI=1S/C30H39N5O6/c1-3-22-9-8-21-7-6-20(17-25(21)33-22)10-13-30(14-11-23(36)12-15-30)29(40)41-18-26(37)32-19(2)28(39)35-16-4-5-24(34-35)27(31)38/h6-10,13,17,19,23-24,34,36H,3-5,11-12,14-16,18H2,1-2H3,(H2,31,38)(H,32,37)/b13-10+. The summed E-state index contributed by atoms with van der Waals surface area (Å²) >= 11 is 0. The van der Waals surface area contributed by atoms with E-state index in [1.807, 2.05) is 42.5 Å². The molecule has 1 aromatic heterocycles. The van der Waals surface area contributed by atoms with Crippen molar-refractivity contribution in [2.45, 2.75) is 77.0 Å². The summed E-state index contributed by atoms with van der Waals surface area (Å²) in [6.07, 6.45) is 6.79. The third-order valence-corrected chi connectivity index (χ3v) is 7.86. The number of carbonyl (C=O) groups excluding carboxylic acids is 4. The van der Waals surface area contributed by atoms with Gasteiger partial charge in [-0.3, -0.25) is 29.2 Å². The molecule has 1 aromatic carbocycles. The number of amides is 3. The minimum atomic E-state index is -0.990. The number of benzene rings is 1. The first-order valence-electron chi connectivity index (χ1n) is 14.2. The van der Waals surface area contributed by atoms with E-state index >= 15 is 0 Å². The van der Waals surface area contributed by atoms with Crippen molar-refractivity contribution >= 4 is 40.7 Å². The van der Waals surface area contributed by atoms with E-state index in [1.54, 1.807) is 0 Å². The average molecular weight is 566 g/mol. The first kappa shape index (κ1) is 30.1. The van der Waals surface area contributed by atoms with Crippen LogP contribution in [0, 0.1) is 5.41 Å². The van der Waals surface area contributed by atoms with Crippen LogP contribution in [0.2, 0.25) is 0 Å². The van der Waals surface area contributed by atoms with Gasteiger partial charge in [0.05, 0.1) is 17.0 Å². The molecule has 220 valence electrons. The second kappa shape index (κ2) is 13.2. The Labute approximate surface area is 239 Å². The molecule has 5 N–H and O–H groups in total. The first-order chi connectivity index (χ1) is 19.6. The maximum Gasteiger partial charge on any atom is 0.316 e. The van der Waals surface area contributed by atoms with Crippen LogP contribution in [0.3, 0.4) is 0 Å². The highest BCUT2D eigenvalue weighted by molar-refractivity contribution is 5.90. The number of rotatable bonds is 9. The maximum absolute atomic E-state index is 13.3. The fraction of sp³-hybridized carbons (Fsp3) is 0.500. The fourth-order valence-electron chi connectivity index (χ4n) is 5.29. The molecule has 2 aromatic rings. The highest BCUT2D eigenvalue weighted by Crippen LogP contribution is 2.39. The zero-order valence-electron chi connectivity index (χ0n) is 23.6. The van der Waals surface area contributed by atoms with Crippen LogP contribution in [0.4, 0.5) is 0 Å². The van der Waals surface area contributed by atoms with Crippen molar-refractivity contribution in [3.05, 3.63) is 47.7 Å². The van der Waals surface area contributed by atoms with Gasteiger partial charge >= 0.3 is 5.97 Å². The molecule has 2 aliphatic rings. The molecule has 1 aliphatic heterocycles. The monoisotopic (exact) mass is 565 g/mol. The number of ether oxygens (including phenoxy) is 1. The zero-order valence-corrected chi connectivity index (χ0v) is 23.6. The van der Waals surface area contributed by atoms with Crippen molar-refractivity contribution in [2.24, 2.45) is 11.1 Å². The summed E-state index contributed by atoms with van der Waals surface area (Å²) < 4.78 is 5.45. The summed E-state index contributed by atoms with van der Waals surface area (Å²) in [6, 6.07) is 8.40. The quantitative estimate of drug-likeness (QED) is 0.334. The Bertz CT molecular complexity index is 1320. The molecule has 4 rings (SSSR count). The topological polar surface area (TPSA) is 164 Å². The molecule has 0 spiro atoms. The molecule has 3 amide bonds. The Balaban J connectivity index is 1.38. The first-order valence-corrected chi connectivity index (χ1v) is 14.2. The van der Waals surface area contributed by atoms with Gasteiger partial charge in [-0.25, -0.2) is 5.43 Å². The number of nitrogens with zero attached hydrogens (tertiary/aromatic N) is 2. The summed E-state index contributed by atoms with van der Waals surface area (Å²) in [4.78, 5) is 54.9. The number of hydrogen-bond acceptors (Lipinski definition) is 8. The molecular weight excluding hydrogens is 526 g/mol. The number of aliphatic hydroxyl groups is 1. The highest BCUT2D eigenvalue weighted by Gasteiger charge is 2.41. The van der Waals surface area contributed by atoms with Gasteiger partial charge in [0.25, 0.3) is 11.8 Å². The minimum absolute atomic E-state index is 0.381. The predicted molar refractivity (Wildman–Crippen MR) is 153 cm³/mol. The van der Waals surface area contributed by atoms with E-state index in [-0.39, 0.29) is 0 Å². The molecule has 41 heavy (non-hydrogen) atoms. The van der Waals surface area contributed by atoms with Crippen LogP contribution in [0.1, 0.15) is 63.6 Å². The number of nitrogens with two attached hydrogens (primary N) is 1. The van der Waals surface area contributed by atoms with Gasteiger partial charge in [-0.1, -0.05) is 37.3 Å². The molecule has 1 saturated heterocycles.